The minimum absolute atomic E-state index is 0.202. The summed E-state index contributed by atoms with van der Waals surface area (Å²) in [5.74, 6) is 0.333. The van der Waals surface area contributed by atoms with E-state index in [1.807, 2.05) is 0 Å². The average molecular weight is 489 g/mol. The van der Waals surface area contributed by atoms with Crippen molar-refractivity contribution in [3.05, 3.63) is 95.2 Å². The Balaban J connectivity index is 1.70. The molecule has 0 unspecified atom stereocenters. The zero-order valence-corrected chi connectivity index (χ0v) is 17.3. The van der Waals surface area contributed by atoms with Crippen LogP contribution in [-0.2, 0) is 11.3 Å². The quantitative estimate of drug-likeness (QED) is 0.248. The Hall–Kier alpha value is -3.33. The molecular formula is C23H15ClF6O3. The highest BCUT2D eigenvalue weighted by atomic mass is 35.5. The molecule has 3 nitrogen and oxygen atoms in total. The fourth-order valence-electron chi connectivity index (χ4n) is 2.69. The van der Waals surface area contributed by atoms with Crippen molar-refractivity contribution in [2.45, 2.75) is 19.1 Å². The van der Waals surface area contributed by atoms with E-state index in [1.165, 1.54) is 0 Å². The van der Waals surface area contributed by atoms with Crippen molar-refractivity contribution in [3.8, 4) is 17.2 Å². The van der Waals surface area contributed by atoms with Gasteiger partial charge in [-0.1, -0.05) is 35.9 Å². The highest BCUT2D eigenvalue weighted by Gasteiger charge is 2.36. The second-order valence-electron chi connectivity index (χ2n) is 6.62. The van der Waals surface area contributed by atoms with Gasteiger partial charge in [0.05, 0.1) is 11.8 Å². The second-order valence-corrected chi connectivity index (χ2v) is 7.05. The van der Waals surface area contributed by atoms with Crippen LogP contribution in [0, 0.1) is 0 Å². The second kappa shape index (κ2) is 10.1. The van der Waals surface area contributed by atoms with Crippen LogP contribution in [0.2, 0.25) is 5.02 Å². The standard InChI is InChI=1S/C23H15ClF6O3/c24-17-6-10-18(11-7-17)32-20-3-1-2-15(12-20)13-31-14-21(22(25,26)27)16-4-8-19(9-5-16)33-23(28,29)30/h1-12,14H,13H2/b21-14-. The number of halogens is 7. The van der Waals surface area contributed by atoms with Gasteiger partial charge in [-0.25, -0.2) is 0 Å². The number of alkyl halides is 6. The number of hydrogen-bond donors (Lipinski definition) is 0. The first-order valence-electron chi connectivity index (χ1n) is 9.27. The maximum Gasteiger partial charge on any atom is 0.573 e. The molecule has 0 N–H and O–H groups in total. The molecule has 3 aromatic carbocycles. The molecule has 10 heteroatoms. The Morgan fingerprint density at radius 3 is 2.03 bits per heavy atom. The van der Waals surface area contributed by atoms with Gasteiger partial charge in [0.25, 0.3) is 0 Å². The van der Waals surface area contributed by atoms with Crippen LogP contribution in [0.1, 0.15) is 11.1 Å². The van der Waals surface area contributed by atoms with Gasteiger partial charge in [-0.2, -0.15) is 13.2 Å². The molecule has 0 aliphatic carbocycles. The molecule has 0 aliphatic heterocycles. The van der Waals surface area contributed by atoms with Gasteiger partial charge in [-0.15, -0.1) is 13.2 Å². The smallest absolute Gasteiger partial charge is 0.496 e. The maximum atomic E-state index is 13.4. The molecule has 174 valence electrons. The molecule has 33 heavy (non-hydrogen) atoms. The van der Waals surface area contributed by atoms with Gasteiger partial charge in [0.15, 0.2) is 0 Å². The lowest BCUT2D eigenvalue weighted by atomic mass is 10.1. The van der Waals surface area contributed by atoms with E-state index in [9.17, 15) is 26.3 Å². The van der Waals surface area contributed by atoms with Crippen LogP contribution in [0.4, 0.5) is 26.3 Å². The van der Waals surface area contributed by atoms with Crippen LogP contribution in [0.5, 0.6) is 17.2 Å². The van der Waals surface area contributed by atoms with Gasteiger partial charge >= 0.3 is 12.5 Å². The van der Waals surface area contributed by atoms with E-state index in [0.717, 1.165) is 24.3 Å². The molecule has 0 atom stereocenters. The SMILES string of the molecule is FC(F)(F)Oc1ccc(/C(=C/OCc2cccc(Oc3ccc(Cl)cc3)c2)C(F)(F)F)cc1. The summed E-state index contributed by atoms with van der Waals surface area (Å²) in [5.41, 5.74) is -1.00. The summed E-state index contributed by atoms with van der Waals surface area (Å²) in [6.45, 7) is -0.202. The fraction of sp³-hybridized carbons (Fsp3) is 0.130. The predicted molar refractivity (Wildman–Crippen MR) is 110 cm³/mol. The molecule has 3 rings (SSSR count). The number of rotatable bonds is 7. The molecular weight excluding hydrogens is 474 g/mol. The Morgan fingerprint density at radius 1 is 0.788 bits per heavy atom. The van der Waals surface area contributed by atoms with Crippen molar-refractivity contribution >= 4 is 17.2 Å². The van der Waals surface area contributed by atoms with Crippen molar-refractivity contribution in [1.82, 2.24) is 0 Å². The van der Waals surface area contributed by atoms with Crippen LogP contribution in [0.15, 0.2) is 79.1 Å². The lowest BCUT2D eigenvalue weighted by Crippen LogP contribution is -2.17. The third-order valence-electron chi connectivity index (χ3n) is 4.10. The highest BCUT2D eigenvalue weighted by molar-refractivity contribution is 6.30. The summed E-state index contributed by atoms with van der Waals surface area (Å²) in [4.78, 5) is 0. The van der Waals surface area contributed by atoms with Gasteiger partial charge in [0.1, 0.15) is 23.9 Å². The Bertz CT molecular complexity index is 1090. The molecule has 0 saturated carbocycles. The molecule has 0 fully saturated rings. The number of benzene rings is 3. The fourth-order valence-corrected chi connectivity index (χ4v) is 2.82. The van der Waals surface area contributed by atoms with Crippen LogP contribution in [0.25, 0.3) is 5.57 Å². The van der Waals surface area contributed by atoms with E-state index in [4.69, 9.17) is 21.1 Å². The molecule has 0 aliphatic rings. The minimum atomic E-state index is -4.95. The van der Waals surface area contributed by atoms with Crippen molar-refractivity contribution < 1.29 is 40.6 Å². The topological polar surface area (TPSA) is 27.7 Å². The van der Waals surface area contributed by atoms with Crippen LogP contribution in [0.3, 0.4) is 0 Å². The summed E-state index contributed by atoms with van der Waals surface area (Å²) in [5, 5.41) is 0.541. The molecule has 0 amide bonds. The van der Waals surface area contributed by atoms with Crippen LogP contribution < -0.4 is 9.47 Å². The normalized spacial score (nSPS) is 12.4. The predicted octanol–water partition coefficient (Wildman–Crippen LogP) is 8.15. The van der Waals surface area contributed by atoms with Gasteiger partial charge < -0.3 is 14.2 Å². The lowest BCUT2D eigenvalue weighted by molar-refractivity contribution is -0.274. The van der Waals surface area contributed by atoms with Crippen molar-refractivity contribution in [2.24, 2.45) is 0 Å². The van der Waals surface area contributed by atoms with Crippen LogP contribution in [-0.4, -0.2) is 12.5 Å². The van der Waals surface area contributed by atoms with Crippen molar-refractivity contribution in [1.29, 1.82) is 0 Å². The van der Waals surface area contributed by atoms with Gasteiger partial charge in [0.2, 0.25) is 0 Å². The van der Waals surface area contributed by atoms with E-state index >= 15 is 0 Å². The molecule has 0 heterocycles. The van der Waals surface area contributed by atoms with E-state index in [2.05, 4.69) is 4.74 Å². The number of allylic oxidation sites excluding steroid dienone is 1. The lowest BCUT2D eigenvalue weighted by Gasteiger charge is -2.14. The Morgan fingerprint density at radius 2 is 1.42 bits per heavy atom. The monoisotopic (exact) mass is 488 g/mol. The molecule has 0 radical (unpaired) electrons. The van der Waals surface area contributed by atoms with Crippen molar-refractivity contribution in [3.63, 3.8) is 0 Å². The van der Waals surface area contributed by atoms with E-state index in [0.29, 0.717) is 28.3 Å². The first kappa shape index (κ1) is 24.3. The van der Waals surface area contributed by atoms with Crippen LogP contribution >= 0.6 is 11.6 Å². The zero-order valence-electron chi connectivity index (χ0n) is 16.6. The molecule has 0 aromatic heterocycles. The molecule has 3 aromatic rings. The summed E-state index contributed by atoms with van der Waals surface area (Å²) in [6, 6.07) is 16.5. The first-order valence-corrected chi connectivity index (χ1v) is 9.65. The van der Waals surface area contributed by atoms with E-state index < -0.39 is 23.9 Å². The largest absolute Gasteiger partial charge is 0.573 e. The third kappa shape index (κ3) is 7.64. The summed E-state index contributed by atoms with van der Waals surface area (Å²) in [6.07, 6.45) is -9.22. The highest BCUT2D eigenvalue weighted by Crippen LogP contribution is 2.35. The summed E-state index contributed by atoms with van der Waals surface area (Å²) >= 11 is 5.82. The molecule has 0 bridgehead atoms. The van der Waals surface area contributed by atoms with E-state index in [1.54, 1.807) is 48.5 Å². The molecule has 0 saturated heterocycles. The average Bonchev–Trinajstić information content (AvgIpc) is 2.72. The number of ether oxygens (including phenoxy) is 3. The Labute approximate surface area is 189 Å². The summed E-state index contributed by atoms with van der Waals surface area (Å²) < 4.78 is 91.5. The van der Waals surface area contributed by atoms with E-state index in [-0.39, 0.29) is 12.2 Å². The Kier molecular flexibility index (Phi) is 7.43. The minimum Gasteiger partial charge on any atom is -0.496 e. The third-order valence-corrected chi connectivity index (χ3v) is 4.36. The van der Waals surface area contributed by atoms with Gasteiger partial charge in [0, 0.05) is 5.02 Å². The maximum absolute atomic E-state index is 13.4. The van der Waals surface area contributed by atoms with Gasteiger partial charge in [-0.05, 0) is 59.7 Å². The van der Waals surface area contributed by atoms with Crippen molar-refractivity contribution in [2.75, 3.05) is 0 Å². The zero-order chi connectivity index (χ0) is 24.1. The molecule has 0 spiro atoms. The van der Waals surface area contributed by atoms with Gasteiger partial charge in [-0.3, -0.25) is 0 Å². The number of hydrogen-bond acceptors (Lipinski definition) is 3. The first-order chi connectivity index (χ1) is 15.5. The summed E-state index contributed by atoms with van der Waals surface area (Å²) in [7, 11) is 0.